The van der Waals surface area contributed by atoms with Gasteiger partial charge in [-0.05, 0) is 23.7 Å². The van der Waals surface area contributed by atoms with Crippen LogP contribution in [0, 0.1) is 17.3 Å². The monoisotopic (exact) mass is 228 g/mol. The van der Waals surface area contributed by atoms with Crippen molar-refractivity contribution in [1.29, 1.82) is 0 Å². The summed E-state index contributed by atoms with van der Waals surface area (Å²) in [4.78, 5) is 0. The van der Waals surface area contributed by atoms with Crippen LogP contribution in [0.25, 0.3) is 0 Å². The lowest BCUT2D eigenvalue weighted by atomic mass is 9.70. The Morgan fingerprint density at radius 3 is 1.94 bits per heavy atom. The zero-order valence-corrected chi connectivity index (χ0v) is 12.2. The van der Waals surface area contributed by atoms with Crippen LogP contribution < -0.4 is 0 Å². The van der Waals surface area contributed by atoms with Crippen LogP contribution in [-0.4, -0.2) is 11.2 Å². The summed E-state index contributed by atoms with van der Waals surface area (Å²) in [6.07, 6.45) is 6.32. The van der Waals surface area contributed by atoms with Crippen molar-refractivity contribution in [2.75, 3.05) is 0 Å². The quantitative estimate of drug-likeness (QED) is 0.693. The topological polar surface area (TPSA) is 20.2 Å². The number of aliphatic hydroxyl groups is 1. The van der Waals surface area contributed by atoms with Gasteiger partial charge in [0.25, 0.3) is 0 Å². The normalized spacial score (nSPS) is 27.9. The molecule has 3 atom stereocenters. The molecule has 0 spiro atoms. The summed E-state index contributed by atoms with van der Waals surface area (Å²) in [5.74, 6) is 1.25. The fourth-order valence-electron chi connectivity index (χ4n) is 2.46. The predicted molar refractivity (Wildman–Crippen MR) is 72.5 cm³/mol. The molecule has 1 nitrogen and oxygen atoms in total. The highest BCUT2D eigenvalue weighted by Gasteiger charge is 2.34. The van der Waals surface area contributed by atoms with Crippen molar-refractivity contribution >= 4 is 0 Å². The molecule has 0 aliphatic heterocycles. The molecule has 1 heteroatoms. The Morgan fingerprint density at radius 1 is 1.12 bits per heavy atom. The molecule has 0 saturated heterocycles. The molecule has 1 rings (SSSR count). The third-order valence-electron chi connectivity index (χ3n) is 3.47. The van der Waals surface area contributed by atoms with Crippen LogP contribution in [-0.2, 0) is 0 Å². The van der Waals surface area contributed by atoms with Gasteiger partial charge in [0.15, 0.2) is 0 Å². The first-order valence-electron chi connectivity index (χ1n) is 7.02. The SMILES string of the molecule is CC1CCCCC1C(O)C(C)(C)C.CCC. The summed E-state index contributed by atoms with van der Waals surface area (Å²) in [6.45, 7) is 13.0. The van der Waals surface area contributed by atoms with E-state index in [9.17, 15) is 5.11 Å². The fraction of sp³-hybridized carbons (Fsp3) is 1.00. The van der Waals surface area contributed by atoms with Gasteiger partial charge in [0.05, 0.1) is 6.10 Å². The molecular weight excluding hydrogens is 196 g/mol. The van der Waals surface area contributed by atoms with Crippen LogP contribution in [0.2, 0.25) is 0 Å². The molecule has 16 heavy (non-hydrogen) atoms. The first kappa shape index (κ1) is 16.0. The summed E-state index contributed by atoms with van der Waals surface area (Å²) in [6, 6.07) is 0. The molecule has 0 aromatic heterocycles. The van der Waals surface area contributed by atoms with Crippen LogP contribution in [0.4, 0.5) is 0 Å². The maximum Gasteiger partial charge on any atom is 0.0619 e. The standard InChI is InChI=1S/C12H24O.C3H8/c1-9-7-5-6-8-10(9)11(13)12(2,3)4;1-3-2/h9-11,13H,5-8H2,1-4H3;3H2,1-2H3. The Kier molecular flexibility index (Phi) is 7.30. The zero-order chi connectivity index (χ0) is 12.8. The molecule has 0 heterocycles. The van der Waals surface area contributed by atoms with Crippen LogP contribution in [0.5, 0.6) is 0 Å². The van der Waals surface area contributed by atoms with Crippen molar-refractivity contribution in [3.63, 3.8) is 0 Å². The highest BCUT2D eigenvalue weighted by atomic mass is 16.3. The minimum absolute atomic E-state index is 0.0519. The highest BCUT2D eigenvalue weighted by Crippen LogP contribution is 2.37. The van der Waals surface area contributed by atoms with Gasteiger partial charge in [0.1, 0.15) is 0 Å². The van der Waals surface area contributed by atoms with E-state index in [4.69, 9.17) is 0 Å². The molecule has 0 radical (unpaired) electrons. The van der Waals surface area contributed by atoms with E-state index in [2.05, 4.69) is 41.5 Å². The Balaban J connectivity index is 0.000000673. The van der Waals surface area contributed by atoms with E-state index >= 15 is 0 Å². The second kappa shape index (κ2) is 7.32. The van der Waals surface area contributed by atoms with Crippen molar-refractivity contribution in [2.45, 2.75) is 79.8 Å². The van der Waals surface area contributed by atoms with Gasteiger partial charge in [-0.3, -0.25) is 0 Å². The van der Waals surface area contributed by atoms with Gasteiger partial charge in [0.2, 0.25) is 0 Å². The van der Waals surface area contributed by atoms with Crippen molar-refractivity contribution in [3.8, 4) is 0 Å². The van der Waals surface area contributed by atoms with Gasteiger partial charge in [-0.2, -0.15) is 0 Å². The Morgan fingerprint density at radius 2 is 1.56 bits per heavy atom. The molecule has 1 fully saturated rings. The number of hydrogen-bond acceptors (Lipinski definition) is 1. The predicted octanol–water partition coefficient (Wildman–Crippen LogP) is 4.64. The molecule has 3 unspecified atom stereocenters. The maximum absolute atomic E-state index is 10.2. The third kappa shape index (κ3) is 5.34. The molecule has 0 bridgehead atoms. The van der Waals surface area contributed by atoms with E-state index in [1.54, 1.807) is 0 Å². The van der Waals surface area contributed by atoms with Crippen molar-refractivity contribution in [1.82, 2.24) is 0 Å². The van der Waals surface area contributed by atoms with Gasteiger partial charge in [-0.25, -0.2) is 0 Å². The lowest BCUT2D eigenvalue weighted by Gasteiger charge is -2.39. The molecule has 1 saturated carbocycles. The smallest absolute Gasteiger partial charge is 0.0619 e. The van der Waals surface area contributed by atoms with Gasteiger partial charge < -0.3 is 5.11 Å². The van der Waals surface area contributed by atoms with Gasteiger partial charge in [0, 0.05) is 0 Å². The van der Waals surface area contributed by atoms with Crippen molar-refractivity contribution in [2.24, 2.45) is 17.3 Å². The Bertz CT molecular complexity index is 169. The number of rotatable bonds is 1. The van der Waals surface area contributed by atoms with Gasteiger partial charge >= 0.3 is 0 Å². The molecule has 1 aliphatic rings. The number of hydrogen-bond donors (Lipinski definition) is 1. The van der Waals surface area contributed by atoms with Crippen LogP contribution >= 0.6 is 0 Å². The maximum atomic E-state index is 10.2. The van der Waals surface area contributed by atoms with E-state index in [-0.39, 0.29) is 11.5 Å². The van der Waals surface area contributed by atoms with Crippen molar-refractivity contribution in [3.05, 3.63) is 0 Å². The van der Waals surface area contributed by atoms with Gasteiger partial charge in [-0.15, -0.1) is 0 Å². The molecule has 1 aliphatic carbocycles. The average molecular weight is 228 g/mol. The summed E-state index contributed by atoms with van der Waals surface area (Å²) >= 11 is 0. The van der Waals surface area contributed by atoms with Crippen LogP contribution in [0.3, 0.4) is 0 Å². The lowest BCUT2D eigenvalue weighted by Crippen LogP contribution is -2.38. The minimum Gasteiger partial charge on any atom is -0.392 e. The molecule has 0 amide bonds. The molecule has 0 aromatic carbocycles. The van der Waals surface area contributed by atoms with E-state index in [0.717, 1.165) is 0 Å². The summed E-state index contributed by atoms with van der Waals surface area (Å²) in [5.41, 5.74) is 0.0519. The molecular formula is C15H32O. The Hall–Kier alpha value is -0.0400. The van der Waals surface area contributed by atoms with Crippen LogP contribution in [0.15, 0.2) is 0 Å². The van der Waals surface area contributed by atoms with Crippen LogP contribution in [0.1, 0.15) is 73.6 Å². The summed E-state index contributed by atoms with van der Waals surface area (Å²) < 4.78 is 0. The van der Waals surface area contributed by atoms with E-state index < -0.39 is 0 Å². The Labute approximate surface area is 103 Å². The first-order chi connectivity index (χ1) is 7.34. The molecule has 98 valence electrons. The highest BCUT2D eigenvalue weighted by molar-refractivity contribution is 4.85. The third-order valence-corrected chi connectivity index (χ3v) is 3.47. The average Bonchev–Trinajstić information content (AvgIpc) is 2.17. The van der Waals surface area contributed by atoms with E-state index in [0.29, 0.717) is 11.8 Å². The second-order valence-electron chi connectivity index (χ2n) is 6.44. The summed E-state index contributed by atoms with van der Waals surface area (Å²) in [7, 11) is 0. The number of aliphatic hydroxyl groups excluding tert-OH is 1. The van der Waals surface area contributed by atoms with Crippen molar-refractivity contribution < 1.29 is 5.11 Å². The van der Waals surface area contributed by atoms with E-state index in [1.165, 1.54) is 32.1 Å². The molecule has 1 N–H and O–H groups in total. The first-order valence-corrected chi connectivity index (χ1v) is 7.02. The minimum atomic E-state index is -0.122. The van der Waals surface area contributed by atoms with E-state index in [1.807, 2.05) is 0 Å². The largest absolute Gasteiger partial charge is 0.392 e. The zero-order valence-electron chi connectivity index (χ0n) is 12.2. The fourth-order valence-corrected chi connectivity index (χ4v) is 2.46. The second-order valence-corrected chi connectivity index (χ2v) is 6.44. The lowest BCUT2D eigenvalue weighted by molar-refractivity contribution is -0.0224. The van der Waals surface area contributed by atoms with Gasteiger partial charge in [-0.1, -0.05) is 67.2 Å². The molecule has 0 aromatic rings. The summed E-state index contributed by atoms with van der Waals surface area (Å²) in [5, 5.41) is 10.2.